The summed E-state index contributed by atoms with van der Waals surface area (Å²) in [5.74, 6) is 0.0400. The van der Waals surface area contributed by atoms with Crippen LogP contribution >= 0.6 is 0 Å². The van der Waals surface area contributed by atoms with E-state index in [2.05, 4.69) is 26.0 Å². The lowest BCUT2D eigenvalue weighted by Gasteiger charge is -2.03. The van der Waals surface area contributed by atoms with E-state index < -0.39 is 0 Å². The van der Waals surface area contributed by atoms with E-state index in [1.807, 2.05) is 42.5 Å². The fraction of sp³-hybridized carbons (Fsp3) is 0.118. The lowest BCUT2D eigenvalue weighted by atomic mass is 10.0. The molecule has 0 fully saturated rings. The van der Waals surface area contributed by atoms with Crippen molar-refractivity contribution in [3.8, 4) is 0 Å². The van der Waals surface area contributed by atoms with Gasteiger partial charge in [0.15, 0.2) is 5.78 Å². The zero-order valence-electron chi connectivity index (χ0n) is 10.7. The Hall–Kier alpha value is -2.15. The number of ketones is 1. The van der Waals surface area contributed by atoms with Gasteiger partial charge in [-0.05, 0) is 36.6 Å². The highest BCUT2D eigenvalue weighted by Crippen LogP contribution is 2.15. The second-order valence-electron chi connectivity index (χ2n) is 4.37. The molecule has 0 aliphatic carbocycles. The van der Waals surface area contributed by atoms with Gasteiger partial charge in [-0.2, -0.15) is 0 Å². The molecule has 1 nitrogen and oxygen atoms in total. The number of hydrogen-bond acceptors (Lipinski definition) is 1. The number of rotatable bonds is 3. The number of carbonyl (C=O) groups excluding carboxylic acids is 1. The third-order valence-corrected chi connectivity index (χ3v) is 3.00. The van der Waals surface area contributed by atoms with E-state index in [9.17, 15) is 4.79 Å². The largest absolute Gasteiger partial charge is 0.289 e. The van der Waals surface area contributed by atoms with E-state index in [1.165, 1.54) is 11.1 Å². The summed E-state index contributed by atoms with van der Waals surface area (Å²) in [5.41, 5.74) is 4.22. The van der Waals surface area contributed by atoms with Crippen molar-refractivity contribution in [2.24, 2.45) is 0 Å². The quantitative estimate of drug-likeness (QED) is 0.576. The van der Waals surface area contributed by atoms with Gasteiger partial charge in [0.05, 0.1) is 0 Å². The van der Waals surface area contributed by atoms with Crippen LogP contribution in [0.4, 0.5) is 0 Å². The molecule has 0 radical (unpaired) electrons. The molecule has 0 aromatic heterocycles. The summed E-state index contributed by atoms with van der Waals surface area (Å²) in [7, 11) is 0. The molecule has 1 heteroatoms. The Kier molecular flexibility index (Phi) is 3.73. The molecule has 0 atom stereocenters. The number of benzene rings is 2. The zero-order chi connectivity index (χ0) is 13.0. The van der Waals surface area contributed by atoms with Crippen LogP contribution in [0.1, 0.15) is 27.0 Å². The highest BCUT2D eigenvalue weighted by atomic mass is 16.1. The van der Waals surface area contributed by atoms with E-state index >= 15 is 0 Å². The average Bonchev–Trinajstić information content (AvgIpc) is 2.39. The van der Waals surface area contributed by atoms with Crippen molar-refractivity contribution in [2.45, 2.75) is 13.8 Å². The fourth-order valence-electron chi connectivity index (χ4n) is 1.95. The van der Waals surface area contributed by atoms with Gasteiger partial charge >= 0.3 is 0 Å². The summed E-state index contributed by atoms with van der Waals surface area (Å²) in [6, 6.07) is 15.5. The van der Waals surface area contributed by atoms with Gasteiger partial charge in [-0.1, -0.05) is 54.6 Å². The van der Waals surface area contributed by atoms with Crippen LogP contribution in [0.5, 0.6) is 0 Å². The number of aryl methyl sites for hydroxylation is 2. The first-order valence-corrected chi connectivity index (χ1v) is 6.02. The molecule has 0 aliphatic rings. The van der Waals surface area contributed by atoms with Crippen molar-refractivity contribution in [1.82, 2.24) is 0 Å². The Morgan fingerprint density at radius 3 is 2.11 bits per heavy atom. The van der Waals surface area contributed by atoms with E-state index in [-0.39, 0.29) is 5.78 Å². The van der Waals surface area contributed by atoms with Crippen LogP contribution < -0.4 is 0 Å². The minimum atomic E-state index is 0.0400. The Balaban J connectivity index is 2.24. The molecule has 0 N–H and O–H groups in total. The maximum absolute atomic E-state index is 12.0. The van der Waals surface area contributed by atoms with Gasteiger partial charge in [-0.15, -0.1) is 0 Å². The molecule has 2 aromatic rings. The Morgan fingerprint density at radius 2 is 1.50 bits per heavy atom. The van der Waals surface area contributed by atoms with Crippen molar-refractivity contribution < 1.29 is 4.79 Å². The van der Waals surface area contributed by atoms with Gasteiger partial charge < -0.3 is 0 Å². The third kappa shape index (κ3) is 2.75. The van der Waals surface area contributed by atoms with Gasteiger partial charge in [0.1, 0.15) is 0 Å². The molecule has 0 amide bonds. The van der Waals surface area contributed by atoms with E-state index in [4.69, 9.17) is 0 Å². The van der Waals surface area contributed by atoms with Crippen LogP contribution in [-0.4, -0.2) is 5.78 Å². The van der Waals surface area contributed by atoms with Gasteiger partial charge in [-0.3, -0.25) is 4.79 Å². The number of hydrogen-bond donors (Lipinski definition) is 0. The van der Waals surface area contributed by atoms with Crippen molar-refractivity contribution in [3.05, 3.63) is 76.9 Å². The lowest BCUT2D eigenvalue weighted by Crippen LogP contribution is -1.93. The first kappa shape index (κ1) is 12.3. The number of carbonyl (C=O) groups is 1. The lowest BCUT2D eigenvalue weighted by molar-refractivity contribution is 0.104. The molecule has 2 aromatic carbocycles. The predicted molar refractivity (Wildman–Crippen MR) is 75.7 cm³/mol. The SMILES string of the molecule is Cc1cccc(C)c1/C=C/C(=O)c1ccccc1. The van der Waals surface area contributed by atoms with Crippen LogP contribution in [0, 0.1) is 13.8 Å². The van der Waals surface area contributed by atoms with Crippen LogP contribution in [0.15, 0.2) is 54.6 Å². The molecule has 0 unspecified atom stereocenters. The summed E-state index contributed by atoms with van der Waals surface area (Å²) in [6.45, 7) is 4.11. The minimum Gasteiger partial charge on any atom is -0.289 e. The summed E-state index contributed by atoms with van der Waals surface area (Å²) in [5, 5.41) is 0. The number of allylic oxidation sites excluding steroid dienone is 1. The highest BCUT2D eigenvalue weighted by Gasteiger charge is 2.01. The summed E-state index contributed by atoms with van der Waals surface area (Å²) < 4.78 is 0. The summed E-state index contributed by atoms with van der Waals surface area (Å²) in [6.07, 6.45) is 3.55. The van der Waals surface area contributed by atoms with Crippen molar-refractivity contribution in [1.29, 1.82) is 0 Å². The molecule has 0 saturated carbocycles. The second kappa shape index (κ2) is 5.46. The molecule has 2 rings (SSSR count). The summed E-state index contributed by atoms with van der Waals surface area (Å²) >= 11 is 0. The Bertz CT molecular complexity index is 560. The third-order valence-electron chi connectivity index (χ3n) is 3.00. The minimum absolute atomic E-state index is 0.0400. The second-order valence-corrected chi connectivity index (χ2v) is 4.37. The van der Waals surface area contributed by atoms with Crippen molar-refractivity contribution in [2.75, 3.05) is 0 Å². The topological polar surface area (TPSA) is 17.1 Å². The zero-order valence-corrected chi connectivity index (χ0v) is 10.7. The molecular formula is C17H16O. The predicted octanol–water partition coefficient (Wildman–Crippen LogP) is 4.20. The van der Waals surface area contributed by atoms with Crippen LogP contribution in [-0.2, 0) is 0 Å². The monoisotopic (exact) mass is 236 g/mol. The van der Waals surface area contributed by atoms with Gasteiger partial charge in [0.2, 0.25) is 0 Å². The maximum Gasteiger partial charge on any atom is 0.185 e. The van der Waals surface area contributed by atoms with Crippen molar-refractivity contribution in [3.63, 3.8) is 0 Å². The molecule has 90 valence electrons. The molecule has 0 aliphatic heterocycles. The van der Waals surface area contributed by atoms with E-state index in [1.54, 1.807) is 6.08 Å². The van der Waals surface area contributed by atoms with Crippen molar-refractivity contribution >= 4 is 11.9 Å². The maximum atomic E-state index is 12.0. The van der Waals surface area contributed by atoms with Crippen LogP contribution in [0.2, 0.25) is 0 Å². The van der Waals surface area contributed by atoms with Gasteiger partial charge in [0, 0.05) is 5.56 Å². The molecular weight excluding hydrogens is 220 g/mol. The van der Waals surface area contributed by atoms with E-state index in [0.717, 1.165) is 11.1 Å². The van der Waals surface area contributed by atoms with Gasteiger partial charge in [0.25, 0.3) is 0 Å². The normalized spacial score (nSPS) is 10.8. The smallest absolute Gasteiger partial charge is 0.185 e. The van der Waals surface area contributed by atoms with Crippen LogP contribution in [0.25, 0.3) is 6.08 Å². The van der Waals surface area contributed by atoms with Gasteiger partial charge in [-0.25, -0.2) is 0 Å². The first-order chi connectivity index (χ1) is 8.68. The molecule has 0 heterocycles. The standard InChI is InChI=1S/C17H16O/c1-13-7-6-8-14(2)16(13)11-12-17(18)15-9-4-3-5-10-15/h3-12H,1-2H3/b12-11+. The Labute approximate surface area is 108 Å². The first-order valence-electron chi connectivity index (χ1n) is 6.02. The van der Waals surface area contributed by atoms with Crippen LogP contribution in [0.3, 0.4) is 0 Å². The average molecular weight is 236 g/mol. The molecule has 0 bridgehead atoms. The molecule has 0 saturated heterocycles. The fourth-order valence-corrected chi connectivity index (χ4v) is 1.95. The summed E-state index contributed by atoms with van der Waals surface area (Å²) in [4.78, 5) is 12.0. The van der Waals surface area contributed by atoms with E-state index in [0.29, 0.717) is 0 Å². The molecule has 18 heavy (non-hydrogen) atoms. The highest BCUT2D eigenvalue weighted by molar-refractivity contribution is 6.06. The molecule has 0 spiro atoms. The Morgan fingerprint density at radius 1 is 0.889 bits per heavy atom.